The van der Waals surface area contributed by atoms with Crippen molar-refractivity contribution < 1.29 is 38.0 Å². The molecule has 0 amide bonds. The lowest BCUT2D eigenvalue weighted by atomic mass is 10.1. The molecule has 0 bridgehead atoms. The van der Waals surface area contributed by atoms with Gasteiger partial charge in [0.25, 0.3) is 5.70 Å². The lowest BCUT2D eigenvalue weighted by Crippen LogP contribution is -2.37. The lowest BCUT2D eigenvalue weighted by Gasteiger charge is -2.26. The highest BCUT2D eigenvalue weighted by atomic mass is 32.2. The number of carbonyl (C=O) groups excluding carboxylic acids is 2. The van der Waals surface area contributed by atoms with Crippen molar-refractivity contribution in [3.63, 3.8) is 0 Å². The zero-order valence-electron chi connectivity index (χ0n) is 18.3. The zero-order valence-corrected chi connectivity index (χ0v) is 19.9. The monoisotopic (exact) mass is 504 g/mol. The summed E-state index contributed by atoms with van der Waals surface area (Å²) in [6.45, 7) is 11.4. The van der Waals surface area contributed by atoms with Crippen molar-refractivity contribution in [1.29, 1.82) is 5.26 Å². The number of benzene rings is 1. The molecule has 2 fully saturated rings. The smallest absolute Gasteiger partial charge is 0.319 e. The van der Waals surface area contributed by atoms with Crippen LogP contribution >= 0.6 is 23.5 Å². The first-order chi connectivity index (χ1) is 16.4. The number of ether oxygens (including phenoxy) is 6. The van der Waals surface area contributed by atoms with Crippen LogP contribution in [0.25, 0.3) is 4.85 Å². The van der Waals surface area contributed by atoms with E-state index in [1.807, 2.05) is 6.07 Å². The summed E-state index contributed by atoms with van der Waals surface area (Å²) in [7, 11) is 0. The number of nitrogens with zero attached hydrogens (tertiary/aromatic N) is 2. The molecule has 0 aromatic heterocycles. The third kappa shape index (κ3) is 5.39. The van der Waals surface area contributed by atoms with Crippen LogP contribution < -0.4 is 9.47 Å². The van der Waals surface area contributed by atoms with Crippen molar-refractivity contribution in [3.8, 4) is 17.6 Å². The van der Waals surface area contributed by atoms with Gasteiger partial charge in [0.05, 0.1) is 53.1 Å². The van der Waals surface area contributed by atoms with Crippen LogP contribution in [-0.4, -0.2) is 50.9 Å². The van der Waals surface area contributed by atoms with E-state index in [0.717, 1.165) is 23.5 Å². The van der Waals surface area contributed by atoms with E-state index in [0.29, 0.717) is 14.0 Å². The Morgan fingerprint density at radius 2 is 1.35 bits per heavy atom. The summed E-state index contributed by atoms with van der Waals surface area (Å²) in [5.74, 6) is -1.79. The van der Waals surface area contributed by atoms with Crippen molar-refractivity contribution in [2.24, 2.45) is 11.8 Å². The van der Waals surface area contributed by atoms with Gasteiger partial charge in [-0.1, -0.05) is 23.5 Å². The largest absolute Gasteiger partial charge is 0.425 e. The van der Waals surface area contributed by atoms with E-state index in [9.17, 15) is 14.9 Å². The second-order valence-electron chi connectivity index (χ2n) is 7.49. The Balaban J connectivity index is 1.58. The molecule has 3 heterocycles. The molecular weight excluding hydrogens is 484 g/mol. The third-order valence-electron chi connectivity index (χ3n) is 5.06. The minimum atomic E-state index is -0.593. The van der Waals surface area contributed by atoms with Crippen LogP contribution in [0.4, 0.5) is 0 Å². The van der Waals surface area contributed by atoms with Gasteiger partial charge in [0.1, 0.15) is 23.3 Å². The molecule has 0 atom stereocenters. The van der Waals surface area contributed by atoms with Crippen LogP contribution in [0.15, 0.2) is 31.9 Å². The van der Waals surface area contributed by atoms with Crippen molar-refractivity contribution in [2.45, 2.75) is 36.2 Å². The SMILES string of the molecule is [C-]#[N+]C(C#N)=C1Sc2c(OC(=O)C3COC(C)OC3)ccc(OC(=O)C3COC(C)OC3)c2S1. The van der Waals surface area contributed by atoms with E-state index in [4.69, 9.17) is 35.0 Å². The van der Waals surface area contributed by atoms with Gasteiger partial charge in [0.2, 0.25) is 0 Å². The molecule has 0 radical (unpaired) electrons. The summed E-state index contributed by atoms with van der Waals surface area (Å²) >= 11 is 2.22. The topological polar surface area (TPSA) is 118 Å². The minimum absolute atomic E-state index is 0.105. The molecule has 0 spiro atoms. The normalized spacial score (nSPS) is 26.1. The molecule has 3 aliphatic heterocycles. The highest BCUT2D eigenvalue weighted by Crippen LogP contribution is 2.59. The van der Waals surface area contributed by atoms with Crippen LogP contribution in [-0.2, 0) is 28.5 Å². The maximum absolute atomic E-state index is 12.7. The first-order valence-electron chi connectivity index (χ1n) is 10.3. The standard InChI is InChI=1S/C22H20N2O8S2/c1-11-27-7-13(8-28-11)20(25)31-16-4-5-17(32-21(26)14-9-29-12(2)30-10-14)19-18(16)33-22(34-19)15(6-23)24-3/h4-5,11-14H,7-10H2,1-2H3. The summed E-state index contributed by atoms with van der Waals surface area (Å²) in [6.07, 6.45) is -0.772. The fourth-order valence-corrected chi connectivity index (χ4v) is 5.63. The average molecular weight is 505 g/mol. The van der Waals surface area contributed by atoms with Gasteiger partial charge in [-0.3, -0.25) is 9.59 Å². The fourth-order valence-electron chi connectivity index (χ4n) is 3.15. The fraction of sp³-hybridized carbons (Fsp3) is 0.455. The van der Waals surface area contributed by atoms with Gasteiger partial charge in [-0.25, -0.2) is 10.1 Å². The van der Waals surface area contributed by atoms with Gasteiger partial charge in [-0.15, -0.1) is 0 Å². The number of esters is 2. The number of fused-ring (bicyclic) bond motifs is 1. The molecule has 1 aromatic rings. The summed E-state index contributed by atoms with van der Waals surface area (Å²) in [6, 6.07) is 4.90. The molecule has 4 rings (SSSR count). The molecule has 0 saturated carbocycles. The first kappa shape index (κ1) is 24.5. The Morgan fingerprint density at radius 1 is 0.941 bits per heavy atom. The van der Waals surface area contributed by atoms with Crippen molar-refractivity contribution in [1.82, 2.24) is 0 Å². The number of carbonyl (C=O) groups is 2. The highest BCUT2D eigenvalue weighted by Gasteiger charge is 2.34. The Bertz CT molecular complexity index is 1010. The van der Waals surface area contributed by atoms with E-state index in [1.165, 1.54) is 12.1 Å². The zero-order chi connectivity index (χ0) is 24.2. The number of rotatable bonds is 4. The number of hydrogen-bond acceptors (Lipinski definition) is 11. The summed E-state index contributed by atoms with van der Waals surface area (Å²) in [5, 5.41) is 9.30. The van der Waals surface area contributed by atoms with Crippen molar-refractivity contribution >= 4 is 35.5 Å². The maximum atomic E-state index is 12.7. The first-order valence-corrected chi connectivity index (χ1v) is 12.0. The average Bonchev–Trinajstić information content (AvgIpc) is 3.28. The van der Waals surface area contributed by atoms with Crippen LogP contribution in [0.5, 0.6) is 11.5 Å². The van der Waals surface area contributed by atoms with Crippen molar-refractivity contribution in [3.05, 3.63) is 33.5 Å². The Morgan fingerprint density at radius 3 is 1.71 bits per heavy atom. The van der Waals surface area contributed by atoms with Crippen LogP contribution in [0.3, 0.4) is 0 Å². The number of thioether (sulfide) groups is 2. The molecular formula is C22H20N2O8S2. The van der Waals surface area contributed by atoms with Crippen LogP contribution in [0.2, 0.25) is 0 Å². The van der Waals surface area contributed by atoms with Gasteiger partial charge in [-0.05, 0) is 26.0 Å². The molecule has 3 aliphatic rings. The second kappa shape index (κ2) is 10.8. The van der Waals surface area contributed by atoms with Gasteiger partial charge < -0.3 is 28.4 Å². The summed E-state index contributed by atoms with van der Waals surface area (Å²) in [5.41, 5.74) is -0.105. The van der Waals surface area contributed by atoms with Gasteiger partial charge >= 0.3 is 11.9 Å². The number of allylic oxidation sites excluding steroid dienone is 1. The Labute approximate surface area is 204 Å². The molecule has 0 unspecified atom stereocenters. The quantitative estimate of drug-likeness (QED) is 0.260. The van der Waals surface area contributed by atoms with Crippen molar-refractivity contribution in [2.75, 3.05) is 26.4 Å². The second-order valence-corrected chi connectivity index (χ2v) is 9.79. The Hall–Kier alpha value is -2.58. The summed E-state index contributed by atoms with van der Waals surface area (Å²) < 4.78 is 33.1. The van der Waals surface area contributed by atoms with Crippen LogP contribution in [0.1, 0.15) is 13.8 Å². The van der Waals surface area contributed by atoms with Gasteiger partial charge in [0, 0.05) is 0 Å². The van der Waals surface area contributed by atoms with E-state index >= 15 is 0 Å². The van der Waals surface area contributed by atoms with E-state index in [2.05, 4.69) is 4.85 Å². The number of nitriles is 1. The number of hydrogen-bond donors (Lipinski definition) is 0. The molecule has 34 heavy (non-hydrogen) atoms. The molecule has 2 saturated heterocycles. The predicted molar refractivity (Wildman–Crippen MR) is 118 cm³/mol. The molecule has 10 nitrogen and oxygen atoms in total. The third-order valence-corrected chi connectivity index (χ3v) is 7.66. The lowest BCUT2D eigenvalue weighted by molar-refractivity contribution is -0.199. The minimum Gasteiger partial charge on any atom is -0.425 e. The van der Waals surface area contributed by atoms with E-state index in [-0.39, 0.29) is 56.2 Å². The molecule has 1 aromatic carbocycles. The van der Waals surface area contributed by atoms with Gasteiger partial charge in [-0.2, -0.15) is 0 Å². The van der Waals surface area contributed by atoms with Crippen LogP contribution in [0, 0.1) is 29.7 Å². The van der Waals surface area contributed by atoms with E-state index < -0.39 is 23.8 Å². The maximum Gasteiger partial charge on any atom is 0.319 e. The summed E-state index contributed by atoms with van der Waals surface area (Å²) in [4.78, 5) is 29.6. The highest BCUT2D eigenvalue weighted by molar-refractivity contribution is 8.24. The predicted octanol–water partition coefficient (Wildman–Crippen LogP) is 3.33. The molecule has 178 valence electrons. The Kier molecular flexibility index (Phi) is 7.78. The van der Waals surface area contributed by atoms with E-state index in [1.54, 1.807) is 13.8 Å². The molecule has 0 N–H and O–H groups in total. The molecule has 0 aliphatic carbocycles. The molecule has 12 heteroatoms. The van der Waals surface area contributed by atoms with Gasteiger partial charge in [0.15, 0.2) is 12.6 Å².